The van der Waals surface area contributed by atoms with Crippen LogP contribution < -0.4 is 34.6 Å². The van der Waals surface area contributed by atoms with Crippen molar-refractivity contribution in [2.24, 2.45) is 5.92 Å². The molecule has 0 fully saturated rings. The normalized spacial score (nSPS) is 18.3. The van der Waals surface area contributed by atoms with Crippen LogP contribution in [0.3, 0.4) is 0 Å². The number of aromatic nitrogens is 2. The number of aliphatic hydroxyl groups is 1. The van der Waals surface area contributed by atoms with Crippen molar-refractivity contribution in [1.82, 2.24) is 15.3 Å². The molecule has 2 aliphatic rings. The van der Waals surface area contributed by atoms with E-state index in [0.29, 0.717) is 45.3 Å². The summed E-state index contributed by atoms with van der Waals surface area (Å²) in [5, 5.41) is 15.4. The Balaban J connectivity index is 1.23. The fraction of sp³-hybridized carbons (Fsp3) is 0.359. The molecule has 3 N–H and O–H groups in total. The lowest BCUT2D eigenvalue weighted by Crippen LogP contribution is -2.53. The highest BCUT2D eigenvalue weighted by Crippen LogP contribution is 2.55. The highest BCUT2D eigenvalue weighted by molar-refractivity contribution is 7.98. The highest BCUT2D eigenvalue weighted by Gasteiger charge is 2.61. The molecular formula is C39H40ClN3O10S2. The van der Waals surface area contributed by atoms with Crippen molar-refractivity contribution in [2.75, 3.05) is 47.0 Å². The lowest BCUT2D eigenvalue weighted by Gasteiger charge is -2.38. The smallest absolute Gasteiger partial charge is 0.258 e. The van der Waals surface area contributed by atoms with Crippen LogP contribution in [0.15, 0.2) is 63.5 Å². The molecule has 6 rings (SSSR count). The first-order valence-corrected chi connectivity index (χ1v) is 20.0. The summed E-state index contributed by atoms with van der Waals surface area (Å²) < 4.78 is 27.8. The number of hydrogen-bond acceptors (Lipinski definition) is 13. The third-order valence-electron chi connectivity index (χ3n) is 9.83. The summed E-state index contributed by atoms with van der Waals surface area (Å²) in [6, 6.07) is 12.0. The number of benzene rings is 3. The van der Waals surface area contributed by atoms with Crippen molar-refractivity contribution in [3.63, 3.8) is 0 Å². The summed E-state index contributed by atoms with van der Waals surface area (Å²) >= 11 is 9.60. The summed E-state index contributed by atoms with van der Waals surface area (Å²) in [4.78, 5) is 63.0. The summed E-state index contributed by atoms with van der Waals surface area (Å²) in [5.74, 6) is -1.18. The number of nitrogens with zero attached hydrogens (tertiary/aromatic N) is 1. The number of fused-ring (bicyclic) bond motifs is 2. The lowest BCUT2D eigenvalue weighted by atomic mass is 9.69. The number of halogens is 1. The van der Waals surface area contributed by atoms with Crippen LogP contribution in [0.25, 0.3) is 10.9 Å². The summed E-state index contributed by atoms with van der Waals surface area (Å²) in [7, 11) is 5.79. The average molecular weight is 810 g/mol. The molecule has 1 aliphatic heterocycles. The Morgan fingerprint density at radius 2 is 1.71 bits per heavy atom. The predicted octanol–water partition coefficient (Wildman–Crippen LogP) is 6.29. The zero-order valence-corrected chi connectivity index (χ0v) is 33.4. The predicted molar refractivity (Wildman–Crippen MR) is 211 cm³/mol. The number of hydrogen-bond donors (Lipinski definition) is 3. The van der Waals surface area contributed by atoms with Crippen LogP contribution in [0.4, 0.5) is 0 Å². The second kappa shape index (κ2) is 16.5. The maximum atomic E-state index is 14.4. The van der Waals surface area contributed by atoms with E-state index in [0.717, 1.165) is 4.90 Å². The van der Waals surface area contributed by atoms with Crippen molar-refractivity contribution >= 4 is 63.5 Å². The van der Waals surface area contributed by atoms with Crippen LogP contribution in [0, 0.1) is 5.92 Å². The average Bonchev–Trinajstić information content (AvgIpc) is 3.50. The van der Waals surface area contributed by atoms with E-state index in [1.807, 2.05) is 18.4 Å². The molecule has 16 heteroatoms. The Bertz CT molecular complexity index is 2260. The van der Waals surface area contributed by atoms with Crippen LogP contribution in [0.2, 0.25) is 5.02 Å². The van der Waals surface area contributed by atoms with Gasteiger partial charge >= 0.3 is 0 Å². The van der Waals surface area contributed by atoms with Gasteiger partial charge in [-0.1, -0.05) is 30.7 Å². The number of ketones is 2. The van der Waals surface area contributed by atoms with Gasteiger partial charge in [0.25, 0.3) is 5.56 Å². The second-order valence-electron chi connectivity index (χ2n) is 12.9. The zero-order valence-electron chi connectivity index (χ0n) is 31.0. The molecule has 2 heterocycles. The lowest BCUT2D eigenvalue weighted by molar-refractivity contribution is -0.121. The van der Waals surface area contributed by atoms with E-state index in [1.54, 1.807) is 31.2 Å². The molecule has 290 valence electrons. The molecule has 0 bridgehead atoms. The monoisotopic (exact) mass is 809 g/mol. The number of amides is 1. The van der Waals surface area contributed by atoms with Gasteiger partial charge < -0.3 is 39.1 Å². The Labute approximate surface area is 330 Å². The number of methoxy groups -OCH3 is 4. The van der Waals surface area contributed by atoms with Crippen LogP contribution in [0.5, 0.6) is 28.7 Å². The van der Waals surface area contributed by atoms with Gasteiger partial charge in [-0.2, -0.15) is 11.8 Å². The number of carbonyl (C=O) groups is 3. The van der Waals surface area contributed by atoms with Crippen molar-refractivity contribution in [3.8, 4) is 28.7 Å². The maximum absolute atomic E-state index is 14.4. The number of aromatic amines is 1. The molecule has 4 aromatic rings. The van der Waals surface area contributed by atoms with Gasteiger partial charge in [-0.05, 0) is 30.0 Å². The SMILES string of the molecule is COc1cc2nc(CSCCNC(=O)CC(C3=C(O)[C@@]4(Oc5c(Cl)c(OC)cc(OC)c5C4=O)[C@H](C)CC3=O)c3ccc(SC)cc3)[nH]c(=O)c2cc1OC. The number of ether oxygens (including phenoxy) is 5. The molecule has 1 spiro atoms. The van der Waals surface area contributed by atoms with Crippen molar-refractivity contribution in [1.29, 1.82) is 0 Å². The first kappa shape index (κ1) is 39.8. The largest absolute Gasteiger partial charge is 0.507 e. The molecule has 3 aromatic carbocycles. The van der Waals surface area contributed by atoms with E-state index in [-0.39, 0.29) is 64.3 Å². The van der Waals surface area contributed by atoms with Gasteiger partial charge in [-0.15, -0.1) is 11.8 Å². The quantitative estimate of drug-likeness (QED) is 0.0958. The van der Waals surface area contributed by atoms with Crippen molar-refractivity contribution in [2.45, 2.75) is 41.9 Å². The first-order valence-electron chi connectivity index (χ1n) is 17.2. The van der Waals surface area contributed by atoms with Gasteiger partial charge in [0.05, 0.1) is 45.1 Å². The van der Waals surface area contributed by atoms with Gasteiger partial charge in [0.1, 0.15) is 27.9 Å². The molecule has 1 unspecified atom stereocenters. The van der Waals surface area contributed by atoms with Gasteiger partial charge in [0.2, 0.25) is 17.3 Å². The van der Waals surface area contributed by atoms with Gasteiger partial charge in [0, 0.05) is 59.6 Å². The van der Waals surface area contributed by atoms with Crippen LogP contribution in [-0.2, 0) is 15.3 Å². The minimum absolute atomic E-state index is 0.0194. The van der Waals surface area contributed by atoms with Gasteiger partial charge in [-0.25, -0.2) is 4.98 Å². The Morgan fingerprint density at radius 1 is 1.04 bits per heavy atom. The number of H-pyrrole nitrogens is 1. The third-order valence-corrected chi connectivity index (χ3v) is 11.9. The summed E-state index contributed by atoms with van der Waals surface area (Å²) in [5.41, 5.74) is -1.30. The molecule has 0 saturated heterocycles. The van der Waals surface area contributed by atoms with E-state index in [2.05, 4.69) is 15.3 Å². The van der Waals surface area contributed by atoms with Crippen LogP contribution in [-0.4, -0.2) is 85.1 Å². The molecule has 55 heavy (non-hydrogen) atoms. The molecule has 13 nitrogen and oxygen atoms in total. The topological polar surface area (TPSA) is 175 Å². The van der Waals surface area contributed by atoms with Crippen LogP contribution >= 0.6 is 35.1 Å². The third kappa shape index (κ3) is 7.32. The summed E-state index contributed by atoms with van der Waals surface area (Å²) in [6.07, 6.45) is 1.58. The highest BCUT2D eigenvalue weighted by atomic mass is 35.5. The zero-order chi connectivity index (χ0) is 39.6. The number of carbonyl (C=O) groups excluding carboxylic acids is 3. The minimum atomic E-state index is -1.99. The molecule has 1 aliphatic carbocycles. The van der Waals surface area contributed by atoms with Gasteiger partial charge in [-0.3, -0.25) is 19.2 Å². The Morgan fingerprint density at radius 3 is 2.36 bits per heavy atom. The number of thioether (sulfide) groups is 2. The maximum Gasteiger partial charge on any atom is 0.258 e. The van der Waals surface area contributed by atoms with E-state index in [4.69, 9.17) is 35.3 Å². The molecule has 0 radical (unpaired) electrons. The van der Waals surface area contributed by atoms with Crippen molar-refractivity contribution in [3.05, 3.63) is 86.1 Å². The summed E-state index contributed by atoms with van der Waals surface area (Å²) in [6.45, 7) is 1.91. The van der Waals surface area contributed by atoms with E-state index >= 15 is 0 Å². The first-order chi connectivity index (χ1) is 26.4. The van der Waals surface area contributed by atoms with Gasteiger partial charge in [0.15, 0.2) is 28.8 Å². The molecule has 1 aromatic heterocycles. The number of rotatable bonds is 14. The molecular weight excluding hydrogens is 770 g/mol. The fourth-order valence-electron chi connectivity index (χ4n) is 7.03. The molecule has 3 atom stereocenters. The Kier molecular flexibility index (Phi) is 11.9. The fourth-order valence-corrected chi connectivity index (χ4v) is 8.43. The van der Waals surface area contributed by atoms with Crippen molar-refractivity contribution < 1.29 is 43.2 Å². The number of Topliss-reactive ketones (excluding diaryl/α,β-unsaturated/α-hetero) is 2. The molecule has 0 saturated carbocycles. The van der Waals surface area contributed by atoms with E-state index in [9.17, 15) is 24.3 Å². The number of nitrogens with one attached hydrogen (secondary N) is 2. The van der Waals surface area contributed by atoms with E-state index < -0.39 is 34.8 Å². The minimum Gasteiger partial charge on any atom is -0.507 e. The second-order valence-corrected chi connectivity index (χ2v) is 15.3. The van der Waals surface area contributed by atoms with E-state index in [1.165, 1.54) is 58.0 Å². The standard InChI is InChI=1S/C39H40ClN3O10S2/c1-19-13-25(44)32(36(46)39(19)37(47)33-28(51-4)17-29(52-5)34(40)35(33)53-39)22(20-7-9-21(54-6)10-8-20)15-31(45)41-11-12-55-18-30-42-24-16-27(50-3)26(49-2)14-23(24)38(48)43-30/h7-10,14,16-17,19,22,46H,11-13,15,18H2,1-6H3,(H,41,45)(H,42,43,48)/t19-,22?,39+/m1/s1. The Hall–Kier alpha value is -4.86. The number of allylic oxidation sites excluding steroid dienone is 1. The number of aliphatic hydroxyl groups excluding tert-OH is 1. The molecule has 1 amide bonds. The van der Waals surface area contributed by atoms with Crippen LogP contribution in [0.1, 0.15) is 47.4 Å².